The Balaban J connectivity index is 2.09. The molecule has 0 spiro atoms. The highest BCUT2D eigenvalue weighted by atomic mass is 32.3. The maximum Gasteiger partial charge on any atom is 0.418 e. The number of carbonyl (C=O) groups excluding carboxylic acids is 2. The number of aryl methyl sites for hydroxylation is 1. The average molecular weight is 332 g/mol. The molecule has 0 aliphatic carbocycles. The summed E-state index contributed by atoms with van der Waals surface area (Å²) in [6.07, 6.45) is 1.55. The molecule has 2 aliphatic heterocycles. The van der Waals surface area contributed by atoms with Gasteiger partial charge < -0.3 is 9.64 Å². The zero-order chi connectivity index (χ0) is 16.2. The third kappa shape index (κ3) is 2.12. The molecule has 0 aromatic carbocycles. The second kappa shape index (κ2) is 4.66. The van der Waals surface area contributed by atoms with Gasteiger partial charge in [-0.2, -0.15) is 18.6 Å². The van der Waals surface area contributed by atoms with Crippen molar-refractivity contribution in [2.24, 2.45) is 7.05 Å². The number of urea groups is 1. The first-order chi connectivity index (χ1) is 10.2. The topological polar surface area (TPSA) is 131 Å². The van der Waals surface area contributed by atoms with Crippen LogP contribution in [0.5, 0.6) is 0 Å². The Bertz CT molecular complexity index is 757. The summed E-state index contributed by atoms with van der Waals surface area (Å²) >= 11 is 0. The van der Waals surface area contributed by atoms with Crippen LogP contribution in [0.3, 0.4) is 0 Å². The summed E-state index contributed by atoms with van der Waals surface area (Å²) in [5.74, 6) is -0.708. The maximum atomic E-state index is 12.3. The average Bonchev–Trinajstić information content (AvgIpc) is 2.92. The number of aromatic nitrogens is 2. The molecule has 0 saturated carbocycles. The second-order valence-electron chi connectivity index (χ2n) is 4.85. The molecule has 11 nitrogen and oxygen atoms in total. The van der Waals surface area contributed by atoms with E-state index in [9.17, 15) is 18.0 Å². The van der Waals surface area contributed by atoms with E-state index in [0.717, 1.165) is 4.90 Å². The minimum Gasteiger partial charge on any atom is -0.467 e. The lowest BCUT2D eigenvalue weighted by atomic mass is 9.98. The highest BCUT2D eigenvalue weighted by Gasteiger charge is 2.54. The van der Waals surface area contributed by atoms with Crippen LogP contribution < -0.4 is 0 Å². The summed E-state index contributed by atoms with van der Waals surface area (Å²) in [5, 5.41) is 4.65. The number of hydroxylamine groups is 2. The Kier molecular flexibility index (Phi) is 3.12. The molecule has 2 unspecified atom stereocenters. The van der Waals surface area contributed by atoms with Gasteiger partial charge in [-0.15, -0.1) is 4.28 Å². The predicted octanol–water partition coefficient (Wildman–Crippen LogP) is -0.839. The van der Waals surface area contributed by atoms with Crippen LogP contribution in [0.15, 0.2) is 6.20 Å². The minimum atomic E-state index is -4.88. The van der Waals surface area contributed by atoms with Crippen molar-refractivity contribution in [1.29, 1.82) is 0 Å². The Morgan fingerprint density at radius 2 is 2.18 bits per heavy atom. The second-order valence-corrected chi connectivity index (χ2v) is 5.85. The van der Waals surface area contributed by atoms with Crippen LogP contribution in [0.1, 0.15) is 23.3 Å². The van der Waals surface area contributed by atoms with Gasteiger partial charge in [0.05, 0.1) is 13.7 Å². The number of ether oxygens (including phenoxy) is 1. The molecule has 2 atom stereocenters. The highest BCUT2D eigenvalue weighted by molar-refractivity contribution is 7.80. The Hall–Kier alpha value is -2.18. The first kappa shape index (κ1) is 14.7. The van der Waals surface area contributed by atoms with E-state index in [1.165, 1.54) is 11.8 Å². The molecule has 1 saturated heterocycles. The van der Waals surface area contributed by atoms with Gasteiger partial charge in [-0.05, 0) is 0 Å². The molecule has 3 rings (SSSR count). The molecule has 1 aromatic heterocycles. The fourth-order valence-corrected chi connectivity index (χ4v) is 3.09. The number of hydrogen-bond donors (Lipinski definition) is 1. The van der Waals surface area contributed by atoms with Crippen LogP contribution in [0, 0.1) is 0 Å². The van der Waals surface area contributed by atoms with Gasteiger partial charge in [-0.3, -0.25) is 9.23 Å². The van der Waals surface area contributed by atoms with E-state index in [4.69, 9.17) is 4.55 Å². The van der Waals surface area contributed by atoms with Crippen molar-refractivity contribution >= 4 is 22.4 Å². The minimum absolute atomic E-state index is 0.00676. The molecule has 2 aliphatic rings. The van der Waals surface area contributed by atoms with Gasteiger partial charge in [0.1, 0.15) is 11.7 Å². The molecule has 1 N–H and O–H groups in total. The van der Waals surface area contributed by atoms with E-state index in [1.54, 1.807) is 13.2 Å². The molecule has 2 bridgehead atoms. The lowest BCUT2D eigenvalue weighted by Gasteiger charge is -2.27. The van der Waals surface area contributed by atoms with Crippen molar-refractivity contribution in [1.82, 2.24) is 19.7 Å². The third-order valence-corrected chi connectivity index (χ3v) is 3.85. The largest absolute Gasteiger partial charge is 0.467 e. The molecule has 120 valence electrons. The fourth-order valence-electron chi connectivity index (χ4n) is 2.72. The molecular formula is C10H12N4O7S. The SMILES string of the molecule is COC(=O)C1c2nn(C)cc2C2CN1C(=O)N2OS(=O)(=O)O. The van der Waals surface area contributed by atoms with Crippen molar-refractivity contribution in [3.05, 3.63) is 17.5 Å². The zero-order valence-corrected chi connectivity index (χ0v) is 12.3. The number of fused-ring (bicyclic) bond motifs is 4. The van der Waals surface area contributed by atoms with Gasteiger partial charge in [0.2, 0.25) is 0 Å². The van der Waals surface area contributed by atoms with Crippen molar-refractivity contribution in [2.45, 2.75) is 12.1 Å². The van der Waals surface area contributed by atoms with Gasteiger partial charge in [0.25, 0.3) is 0 Å². The number of amides is 2. The van der Waals surface area contributed by atoms with Crippen LogP contribution in [0.2, 0.25) is 0 Å². The maximum absolute atomic E-state index is 12.3. The fraction of sp³-hybridized carbons (Fsp3) is 0.500. The predicted molar refractivity (Wildman–Crippen MR) is 67.3 cm³/mol. The van der Waals surface area contributed by atoms with Gasteiger partial charge >= 0.3 is 22.4 Å². The molecule has 0 radical (unpaired) electrons. The Morgan fingerprint density at radius 3 is 2.77 bits per heavy atom. The van der Waals surface area contributed by atoms with Crippen LogP contribution in [-0.2, 0) is 31.3 Å². The van der Waals surface area contributed by atoms with Crippen LogP contribution in [-0.4, -0.2) is 58.4 Å². The summed E-state index contributed by atoms with van der Waals surface area (Å²) in [6, 6.07) is -2.78. The van der Waals surface area contributed by atoms with E-state index in [0.29, 0.717) is 10.6 Å². The van der Waals surface area contributed by atoms with Gasteiger partial charge in [-0.1, -0.05) is 0 Å². The lowest BCUT2D eigenvalue weighted by molar-refractivity contribution is -0.146. The summed E-state index contributed by atoms with van der Waals surface area (Å²) in [5.41, 5.74) is 0.726. The molecule has 1 fully saturated rings. The summed E-state index contributed by atoms with van der Waals surface area (Å²) < 4.78 is 41.1. The summed E-state index contributed by atoms with van der Waals surface area (Å²) in [4.78, 5) is 25.3. The van der Waals surface area contributed by atoms with Gasteiger partial charge in [0.15, 0.2) is 6.04 Å². The summed E-state index contributed by atoms with van der Waals surface area (Å²) in [6.45, 7) is 0.00676. The number of nitrogens with zero attached hydrogens (tertiary/aromatic N) is 4. The third-order valence-electron chi connectivity index (χ3n) is 3.50. The molecule has 22 heavy (non-hydrogen) atoms. The molecular weight excluding hydrogens is 320 g/mol. The molecule has 2 amide bonds. The first-order valence-corrected chi connectivity index (χ1v) is 7.47. The molecule has 1 aromatic rings. The van der Waals surface area contributed by atoms with Crippen molar-refractivity contribution in [3.8, 4) is 0 Å². The quantitative estimate of drug-likeness (QED) is 0.560. The number of carbonyl (C=O) groups is 2. The van der Waals surface area contributed by atoms with E-state index in [2.05, 4.69) is 14.1 Å². The van der Waals surface area contributed by atoms with E-state index in [1.807, 2.05) is 0 Å². The standard InChI is InChI=1S/C10H12N4O7S/c1-12-3-5-6-4-13(8(7(5)11-12)9(15)20-2)10(16)14(6)21-22(17,18)19/h3,6,8H,4H2,1-2H3,(H,17,18,19). The van der Waals surface area contributed by atoms with Gasteiger partial charge in [0, 0.05) is 18.8 Å². The monoisotopic (exact) mass is 332 g/mol. The van der Waals surface area contributed by atoms with E-state index < -0.39 is 34.5 Å². The lowest BCUT2D eigenvalue weighted by Crippen LogP contribution is -2.39. The number of hydrogen-bond acceptors (Lipinski definition) is 7. The number of esters is 1. The highest BCUT2D eigenvalue weighted by Crippen LogP contribution is 2.43. The van der Waals surface area contributed by atoms with Crippen molar-refractivity contribution in [2.75, 3.05) is 13.7 Å². The Morgan fingerprint density at radius 1 is 1.50 bits per heavy atom. The van der Waals surface area contributed by atoms with Gasteiger partial charge in [-0.25, -0.2) is 9.59 Å². The van der Waals surface area contributed by atoms with E-state index >= 15 is 0 Å². The van der Waals surface area contributed by atoms with Crippen LogP contribution >= 0.6 is 0 Å². The summed E-state index contributed by atoms with van der Waals surface area (Å²) in [7, 11) is -2.10. The van der Waals surface area contributed by atoms with Crippen molar-refractivity contribution in [3.63, 3.8) is 0 Å². The zero-order valence-electron chi connectivity index (χ0n) is 11.5. The number of rotatable bonds is 3. The number of methoxy groups -OCH3 is 1. The molecule has 12 heteroatoms. The normalized spacial score (nSPS) is 23.7. The molecule has 3 heterocycles. The van der Waals surface area contributed by atoms with Crippen LogP contribution in [0.4, 0.5) is 4.79 Å². The van der Waals surface area contributed by atoms with E-state index in [-0.39, 0.29) is 12.2 Å². The van der Waals surface area contributed by atoms with Crippen molar-refractivity contribution < 1.29 is 31.6 Å². The van der Waals surface area contributed by atoms with Crippen LogP contribution in [0.25, 0.3) is 0 Å². The Labute approximate surface area is 124 Å². The smallest absolute Gasteiger partial charge is 0.418 e. The first-order valence-electron chi connectivity index (χ1n) is 6.11.